The third kappa shape index (κ3) is 14.5. The number of aromatic nitrogens is 10. The first-order valence-corrected chi connectivity index (χ1v) is 42.1. The minimum Gasteiger partial charge on any atom is -0.247 e. The summed E-state index contributed by atoms with van der Waals surface area (Å²) >= 11 is 0. The highest BCUT2D eigenvalue weighted by Gasteiger charge is 2.29. The molecule has 0 N–H and O–H groups in total. The minimum absolute atomic E-state index is 0.292. The zero-order valence-electron chi connectivity index (χ0n) is 68.1. The molecule has 22 aromatic rings. The largest absolute Gasteiger partial charge is 0.247 e. The van der Waals surface area contributed by atoms with Gasteiger partial charge in [-0.05, 0) is 141 Å². The lowest BCUT2D eigenvalue weighted by Gasteiger charge is -2.24. The van der Waals surface area contributed by atoms with Gasteiger partial charge in [0.1, 0.15) is 0 Å². The second-order valence-electron chi connectivity index (χ2n) is 31.0. The van der Waals surface area contributed by atoms with Crippen molar-refractivity contribution in [1.29, 1.82) is 0 Å². The number of rotatable bonds is 19. The fraction of sp³-hybridized carbons (Fsp3) is 0. The van der Waals surface area contributed by atoms with Crippen LogP contribution in [-0.2, 0) is 0 Å². The normalized spacial score (nSPS) is 11.3. The lowest BCUT2D eigenvalue weighted by atomic mass is 9.86. The number of fused-ring (bicyclic) bond motifs is 4. The van der Waals surface area contributed by atoms with E-state index in [1.807, 2.05) is 155 Å². The van der Waals surface area contributed by atoms with E-state index in [4.69, 9.17) is 49.8 Å². The Hall–Kier alpha value is -17.2. The molecule has 0 bridgehead atoms. The molecule has 0 unspecified atom stereocenters. The van der Waals surface area contributed by atoms with Crippen LogP contribution in [0.3, 0.4) is 0 Å². The molecule has 4 aromatic heterocycles. The summed E-state index contributed by atoms with van der Waals surface area (Å²) in [4.78, 5) is 58.6. The second-order valence-corrected chi connectivity index (χ2v) is 31.0. The Morgan fingerprint density at radius 1 is 0.127 bits per heavy atom. The lowest BCUT2D eigenvalue weighted by Crippen LogP contribution is -2.19. The van der Waals surface area contributed by atoms with Crippen LogP contribution in [0.25, 0.3) is 189 Å². The van der Waals surface area contributed by atoms with Crippen molar-refractivity contribution in [3.05, 3.63) is 449 Å². The molecule has 0 aliphatic carbocycles. The fourth-order valence-corrected chi connectivity index (χ4v) is 17.3. The standard InChI is InChI=1S/C114H74N12/c1-9-35-76(36-10-1)99-73-100(77-37-11-2-12-38-77)116-111(115-99)125(89-69-67-81(68-70-89)105-93-57-27-25-55-91(93)103(79-41-15-4-16-42-79)92-56-26-28-58-94(92)105)112-117-101(78-39-13-3-14-40-78)74-102(118-112)87-52-33-51-86(71-87)75-63-65-85(66-64-75)110-120-109(84-49-23-8-24-50-84)123-114(124-110)126(113-121-107(82-45-19-6-20-46-82)119-108(122-113)83-47-21-7-22-48-83)90-54-34-53-88(72-90)106-97-61-31-29-59-95(97)104(80-43-17-5-18-44-80)96-60-30-32-62-98(96)106/h1-74H. The van der Waals surface area contributed by atoms with Gasteiger partial charge in [0, 0.05) is 44.5 Å². The number of anilines is 6. The maximum Gasteiger partial charge on any atom is 0.241 e. The maximum absolute atomic E-state index is 5.67. The van der Waals surface area contributed by atoms with Crippen LogP contribution in [0, 0.1) is 0 Å². The van der Waals surface area contributed by atoms with Crippen molar-refractivity contribution in [3.63, 3.8) is 0 Å². The molecule has 0 aliphatic rings. The van der Waals surface area contributed by atoms with Gasteiger partial charge in [-0.25, -0.2) is 39.7 Å². The van der Waals surface area contributed by atoms with E-state index in [0.717, 1.165) is 133 Å². The Morgan fingerprint density at radius 2 is 0.357 bits per heavy atom. The summed E-state index contributed by atoms with van der Waals surface area (Å²) < 4.78 is 0. The van der Waals surface area contributed by atoms with Gasteiger partial charge in [0.2, 0.25) is 23.8 Å². The maximum atomic E-state index is 5.67. The van der Waals surface area contributed by atoms with E-state index in [1.165, 1.54) is 27.5 Å². The van der Waals surface area contributed by atoms with Crippen LogP contribution < -0.4 is 9.80 Å². The van der Waals surface area contributed by atoms with Crippen molar-refractivity contribution in [2.45, 2.75) is 0 Å². The zero-order chi connectivity index (χ0) is 83.6. The molecular formula is C114H74N12. The molecule has 4 heterocycles. The van der Waals surface area contributed by atoms with Crippen LogP contribution in [-0.4, -0.2) is 49.8 Å². The Kier molecular flexibility index (Phi) is 19.7. The van der Waals surface area contributed by atoms with Gasteiger partial charge in [0.05, 0.1) is 34.2 Å². The highest BCUT2D eigenvalue weighted by molar-refractivity contribution is 6.23. The topological polar surface area (TPSA) is 135 Å². The van der Waals surface area contributed by atoms with Gasteiger partial charge in [-0.1, -0.05) is 406 Å². The van der Waals surface area contributed by atoms with Gasteiger partial charge >= 0.3 is 0 Å². The summed E-state index contributed by atoms with van der Waals surface area (Å²) in [6.45, 7) is 0. The predicted octanol–water partition coefficient (Wildman–Crippen LogP) is 28.9. The molecule has 0 saturated heterocycles. The third-order valence-corrected chi connectivity index (χ3v) is 23.2. The number of hydrogen-bond acceptors (Lipinski definition) is 12. The van der Waals surface area contributed by atoms with Crippen LogP contribution in [0.1, 0.15) is 0 Å². The highest BCUT2D eigenvalue weighted by atomic mass is 15.4. The average Bonchev–Trinajstić information content (AvgIpc) is 0.737. The molecule has 590 valence electrons. The lowest BCUT2D eigenvalue weighted by molar-refractivity contribution is 0.964. The summed E-state index contributed by atoms with van der Waals surface area (Å²) in [5.74, 6) is 3.21. The van der Waals surface area contributed by atoms with Crippen LogP contribution in [0.15, 0.2) is 449 Å². The fourth-order valence-electron chi connectivity index (χ4n) is 17.3. The SMILES string of the molecule is c1ccc(-c2cc(-c3ccccc3)nc(N(c3ccc(-c4c5ccccc5c(-c5ccccc5)c5ccccc45)cc3)c3nc(-c4ccccc4)cc(-c4cccc(-c5ccc(-c6nc(-c7ccccc7)nc(N(c7cccc(-c8c9ccccc9c(-c9ccccc9)c9ccccc89)c7)c7nc(-c8ccccc8)nc(-c8ccccc8)n7)n6)cc5)c4)n3)n2)cc1. The molecule has 0 amide bonds. The van der Waals surface area contributed by atoms with Crippen molar-refractivity contribution >= 4 is 78.3 Å². The Morgan fingerprint density at radius 3 is 0.706 bits per heavy atom. The molecular weight excluding hydrogens is 1540 g/mol. The summed E-state index contributed by atoms with van der Waals surface area (Å²) in [6.07, 6.45) is 0. The monoisotopic (exact) mass is 1610 g/mol. The summed E-state index contributed by atoms with van der Waals surface area (Å²) in [5.41, 5.74) is 22.1. The smallest absolute Gasteiger partial charge is 0.241 e. The van der Waals surface area contributed by atoms with Gasteiger partial charge in [-0.2, -0.15) is 19.9 Å². The molecule has 22 rings (SSSR count). The number of nitrogens with zero attached hydrogens (tertiary/aromatic N) is 12. The molecule has 0 aliphatic heterocycles. The molecule has 0 saturated carbocycles. The van der Waals surface area contributed by atoms with Crippen LogP contribution >= 0.6 is 0 Å². The summed E-state index contributed by atoms with van der Waals surface area (Å²) in [5, 5.41) is 9.17. The van der Waals surface area contributed by atoms with E-state index in [0.29, 0.717) is 64.2 Å². The van der Waals surface area contributed by atoms with E-state index >= 15 is 0 Å². The second kappa shape index (κ2) is 33.1. The van der Waals surface area contributed by atoms with Crippen molar-refractivity contribution < 1.29 is 0 Å². The molecule has 0 atom stereocenters. The van der Waals surface area contributed by atoms with E-state index in [-0.39, 0.29) is 0 Å². The number of benzene rings is 18. The quantitative estimate of drug-likeness (QED) is 0.0713. The Labute approximate surface area is 728 Å². The van der Waals surface area contributed by atoms with E-state index < -0.39 is 0 Å². The van der Waals surface area contributed by atoms with Gasteiger partial charge in [-0.15, -0.1) is 0 Å². The van der Waals surface area contributed by atoms with Crippen molar-refractivity contribution in [1.82, 2.24) is 49.8 Å². The highest BCUT2D eigenvalue weighted by Crippen LogP contribution is 2.49. The molecule has 0 fully saturated rings. The van der Waals surface area contributed by atoms with Crippen molar-refractivity contribution in [2.24, 2.45) is 0 Å². The first-order valence-electron chi connectivity index (χ1n) is 42.1. The molecule has 18 aromatic carbocycles. The van der Waals surface area contributed by atoms with Crippen LogP contribution in [0.2, 0.25) is 0 Å². The van der Waals surface area contributed by atoms with Gasteiger partial charge in [0.15, 0.2) is 23.3 Å². The predicted molar refractivity (Wildman–Crippen MR) is 514 cm³/mol. The van der Waals surface area contributed by atoms with E-state index in [1.54, 1.807) is 0 Å². The zero-order valence-corrected chi connectivity index (χ0v) is 68.1. The van der Waals surface area contributed by atoms with Crippen LogP contribution in [0.5, 0.6) is 0 Å². The first kappa shape index (κ1) is 75.0. The Balaban J connectivity index is 0.683. The van der Waals surface area contributed by atoms with E-state index in [9.17, 15) is 0 Å². The van der Waals surface area contributed by atoms with E-state index in [2.05, 4.69) is 303 Å². The average molecular weight is 1610 g/mol. The first-order chi connectivity index (χ1) is 62.5. The van der Waals surface area contributed by atoms with Gasteiger partial charge in [0.25, 0.3) is 0 Å². The van der Waals surface area contributed by atoms with Crippen molar-refractivity contribution in [3.8, 4) is 146 Å². The molecule has 12 nitrogen and oxygen atoms in total. The third-order valence-electron chi connectivity index (χ3n) is 23.2. The molecule has 0 radical (unpaired) electrons. The Bertz CT molecular complexity index is 7560. The van der Waals surface area contributed by atoms with Gasteiger partial charge in [-0.3, -0.25) is 0 Å². The summed E-state index contributed by atoms with van der Waals surface area (Å²) in [7, 11) is 0. The minimum atomic E-state index is 0.292. The van der Waals surface area contributed by atoms with Crippen LogP contribution in [0.4, 0.5) is 35.2 Å². The van der Waals surface area contributed by atoms with Crippen molar-refractivity contribution in [2.75, 3.05) is 9.80 Å². The van der Waals surface area contributed by atoms with Gasteiger partial charge < -0.3 is 0 Å². The molecule has 12 heteroatoms. The molecule has 126 heavy (non-hydrogen) atoms. The number of hydrogen-bond donors (Lipinski definition) is 0. The molecule has 0 spiro atoms. The summed E-state index contributed by atoms with van der Waals surface area (Å²) in [6, 6.07) is 156.